The van der Waals surface area contributed by atoms with Crippen LogP contribution in [0.5, 0.6) is 0 Å². The maximum atomic E-state index is 12.3. The number of benzene rings is 1. The summed E-state index contributed by atoms with van der Waals surface area (Å²) in [6.07, 6.45) is 2.86. The second-order valence-electron chi connectivity index (χ2n) is 7.13. The summed E-state index contributed by atoms with van der Waals surface area (Å²) in [5.74, 6) is 0.259. The predicted molar refractivity (Wildman–Crippen MR) is 99.7 cm³/mol. The summed E-state index contributed by atoms with van der Waals surface area (Å²) in [5.41, 5.74) is 1.07. The van der Waals surface area contributed by atoms with Crippen molar-refractivity contribution in [2.75, 3.05) is 37.6 Å². The third kappa shape index (κ3) is 3.55. The zero-order valence-electron chi connectivity index (χ0n) is 14.7. The number of nitrogens with zero attached hydrogens (tertiary/aromatic N) is 2. The van der Waals surface area contributed by atoms with E-state index in [1.54, 1.807) is 0 Å². The molecule has 0 aromatic heterocycles. The van der Waals surface area contributed by atoms with Crippen LogP contribution in [0.2, 0.25) is 5.02 Å². The molecule has 1 unspecified atom stereocenters. The first-order valence-corrected chi connectivity index (χ1v) is 9.48. The highest BCUT2D eigenvalue weighted by atomic mass is 35.5. The molecule has 0 radical (unpaired) electrons. The van der Waals surface area contributed by atoms with E-state index in [4.69, 9.17) is 11.6 Å². The van der Waals surface area contributed by atoms with Crippen LogP contribution in [-0.2, 0) is 4.79 Å². The number of amides is 1. The molecule has 1 N–H and O–H groups in total. The number of nitrogens with one attached hydrogen (secondary N) is 1. The lowest BCUT2D eigenvalue weighted by molar-refractivity contribution is -0.128. The number of hydrogen-bond donors (Lipinski definition) is 1. The Balaban J connectivity index is 1.52. The van der Waals surface area contributed by atoms with Gasteiger partial charge in [0, 0.05) is 49.5 Å². The van der Waals surface area contributed by atoms with Crippen molar-refractivity contribution in [3.05, 3.63) is 29.3 Å². The predicted octanol–water partition coefficient (Wildman–Crippen LogP) is 3.16. The van der Waals surface area contributed by atoms with Crippen molar-refractivity contribution in [3.63, 3.8) is 0 Å². The van der Waals surface area contributed by atoms with Crippen molar-refractivity contribution in [1.82, 2.24) is 10.2 Å². The summed E-state index contributed by atoms with van der Waals surface area (Å²) < 4.78 is 0. The number of piperazine rings is 1. The average Bonchev–Trinajstić information content (AvgIpc) is 2.91. The maximum absolute atomic E-state index is 12.3. The number of rotatable bonds is 5. The van der Waals surface area contributed by atoms with E-state index in [-0.39, 0.29) is 11.3 Å². The maximum Gasteiger partial charge on any atom is 0.226 e. The van der Waals surface area contributed by atoms with Gasteiger partial charge in [-0.15, -0.1) is 0 Å². The van der Waals surface area contributed by atoms with E-state index in [2.05, 4.69) is 35.0 Å². The molecule has 2 aliphatic rings. The lowest BCUT2D eigenvalue weighted by Gasteiger charge is -2.37. The molecule has 0 aliphatic carbocycles. The molecule has 0 spiro atoms. The van der Waals surface area contributed by atoms with E-state index < -0.39 is 0 Å². The Kier molecular flexibility index (Phi) is 5.36. The number of halogens is 1. The lowest BCUT2D eigenvalue weighted by Crippen LogP contribution is -2.50. The van der Waals surface area contributed by atoms with Crippen molar-refractivity contribution in [2.45, 2.75) is 39.2 Å². The molecule has 2 fully saturated rings. The molecular formula is C19H28ClN3O. The molecule has 132 valence electrons. The van der Waals surface area contributed by atoms with Crippen molar-refractivity contribution in [2.24, 2.45) is 5.41 Å². The van der Waals surface area contributed by atoms with Gasteiger partial charge in [0.1, 0.15) is 0 Å². The van der Waals surface area contributed by atoms with E-state index in [1.807, 2.05) is 18.2 Å². The fourth-order valence-electron chi connectivity index (χ4n) is 4.10. The zero-order valence-corrected chi connectivity index (χ0v) is 15.5. The summed E-state index contributed by atoms with van der Waals surface area (Å²) in [7, 11) is 0. The first-order valence-electron chi connectivity index (χ1n) is 9.10. The lowest BCUT2D eigenvalue weighted by atomic mass is 9.79. The van der Waals surface area contributed by atoms with Crippen molar-refractivity contribution in [1.29, 1.82) is 0 Å². The van der Waals surface area contributed by atoms with Gasteiger partial charge in [0.2, 0.25) is 5.91 Å². The SMILES string of the molecule is CCC1(CC)CC(CN2CCN(c3cccc(Cl)c3)CC2)NC1=O. The molecule has 1 aromatic rings. The largest absolute Gasteiger partial charge is 0.369 e. The zero-order chi connectivity index (χ0) is 17.2. The van der Waals surface area contributed by atoms with Crippen LogP contribution in [0.15, 0.2) is 24.3 Å². The Morgan fingerprint density at radius 3 is 2.50 bits per heavy atom. The van der Waals surface area contributed by atoms with E-state index in [0.717, 1.165) is 57.0 Å². The summed E-state index contributed by atoms with van der Waals surface area (Å²) >= 11 is 6.10. The molecule has 0 saturated carbocycles. The summed E-state index contributed by atoms with van der Waals surface area (Å²) in [6, 6.07) is 8.38. The van der Waals surface area contributed by atoms with Crippen LogP contribution in [0.25, 0.3) is 0 Å². The minimum Gasteiger partial charge on any atom is -0.369 e. The monoisotopic (exact) mass is 349 g/mol. The highest BCUT2D eigenvalue weighted by Gasteiger charge is 2.44. The van der Waals surface area contributed by atoms with Gasteiger partial charge in [-0.05, 0) is 37.5 Å². The number of carbonyl (C=O) groups excluding carboxylic acids is 1. The topological polar surface area (TPSA) is 35.6 Å². The van der Waals surface area contributed by atoms with Gasteiger partial charge in [-0.1, -0.05) is 31.5 Å². The standard InChI is InChI=1S/C19H28ClN3O/c1-3-19(4-2)13-16(21-18(19)24)14-22-8-10-23(11-9-22)17-7-5-6-15(20)12-17/h5-7,12,16H,3-4,8-11,13-14H2,1-2H3,(H,21,24). The highest BCUT2D eigenvalue weighted by molar-refractivity contribution is 6.30. The summed E-state index contributed by atoms with van der Waals surface area (Å²) in [6.45, 7) is 9.32. The minimum atomic E-state index is -0.132. The fourth-order valence-corrected chi connectivity index (χ4v) is 4.28. The fraction of sp³-hybridized carbons (Fsp3) is 0.632. The van der Waals surface area contributed by atoms with Gasteiger partial charge in [0.25, 0.3) is 0 Å². The van der Waals surface area contributed by atoms with Crippen LogP contribution >= 0.6 is 11.6 Å². The van der Waals surface area contributed by atoms with Crippen LogP contribution in [0, 0.1) is 5.41 Å². The third-order valence-corrected chi connectivity index (χ3v) is 6.07. The normalized spacial score (nSPS) is 24.2. The second-order valence-corrected chi connectivity index (χ2v) is 7.57. The minimum absolute atomic E-state index is 0.132. The van der Waals surface area contributed by atoms with Crippen LogP contribution in [0.4, 0.5) is 5.69 Å². The first-order chi connectivity index (χ1) is 11.6. The number of carbonyl (C=O) groups is 1. The van der Waals surface area contributed by atoms with Crippen molar-refractivity contribution in [3.8, 4) is 0 Å². The third-order valence-electron chi connectivity index (χ3n) is 5.83. The van der Waals surface area contributed by atoms with E-state index in [0.29, 0.717) is 6.04 Å². The van der Waals surface area contributed by atoms with Gasteiger partial charge in [-0.3, -0.25) is 9.69 Å². The second kappa shape index (κ2) is 7.32. The van der Waals surface area contributed by atoms with Crippen LogP contribution in [-0.4, -0.2) is 49.6 Å². The highest BCUT2D eigenvalue weighted by Crippen LogP contribution is 2.37. The van der Waals surface area contributed by atoms with Crippen molar-refractivity contribution >= 4 is 23.2 Å². The molecule has 1 atom stereocenters. The van der Waals surface area contributed by atoms with E-state index >= 15 is 0 Å². The van der Waals surface area contributed by atoms with Gasteiger partial charge in [0.05, 0.1) is 5.41 Å². The Bertz CT molecular complexity index is 580. The number of anilines is 1. The quantitative estimate of drug-likeness (QED) is 0.887. The molecule has 5 heteroatoms. The molecule has 24 heavy (non-hydrogen) atoms. The number of hydrogen-bond acceptors (Lipinski definition) is 3. The summed E-state index contributed by atoms with van der Waals surface area (Å²) in [4.78, 5) is 17.2. The molecule has 4 nitrogen and oxygen atoms in total. The Morgan fingerprint density at radius 1 is 1.21 bits per heavy atom. The molecular weight excluding hydrogens is 322 g/mol. The van der Waals surface area contributed by atoms with Crippen LogP contribution < -0.4 is 10.2 Å². The van der Waals surface area contributed by atoms with Gasteiger partial charge >= 0.3 is 0 Å². The van der Waals surface area contributed by atoms with Gasteiger partial charge in [0.15, 0.2) is 0 Å². The van der Waals surface area contributed by atoms with E-state index in [9.17, 15) is 4.79 Å². The molecule has 2 heterocycles. The Hall–Kier alpha value is -1.26. The van der Waals surface area contributed by atoms with Gasteiger partial charge in [-0.2, -0.15) is 0 Å². The van der Waals surface area contributed by atoms with E-state index in [1.165, 1.54) is 5.69 Å². The Labute approximate surface area is 150 Å². The molecule has 1 aromatic carbocycles. The molecule has 1 amide bonds. The van der Waals surface area contributed by atoms with Crippen LogP contribution in [0.3, 0.4) is 0 Å². The molecule has 2 aliphatic heterocycles. The first kappa shape index (κ1) is 17.6. The summed E-state index contributed by atoms with van der Waals surface area (Å²) in [5, 5.41) is 4.02. The van der Waals surface area contributed by atoms with Crippen LogP contribution in [0.1, 0.15) is 33.1 Å². The molecule has 2 saturated heterocycles. The van der Waals surface area contributed by atoms with Gasteiger partial charge in [-0.25, -0.2) is 0 Å². The van der Waals surface area contributed by atoms with Gasteiger partial charge < -0.3 is 10.2 Å². The molecule has 3 rings (SSSR count). The smallest absolute Gasteiger partial charge is 0.226 e. The van der Waals surface area contributed by atoms with Crippen molar-refractivity contribution < 1.29 is 4.79 Å². The Morgan fingerprint density at radius 2 is 1.92 bits per heavy atom. The average molecular weight is 350 g/mol. The molecule has 0 bridgehead atoms.